The molecule has 2 rings (SSSR count). The number of benzene rings is 1. The molecular weight excluding hydrogens is 249 g/mol. The van der Waals surface area contributed by atoms with Gasteiger partial charge in [0.2, 0.25) is 0 Å². The van der Waals surface area contributed by atoms with E-state index in [4.69, 9.17) is 5.11 Å². The van der Waals surface area contributed by atoms with Gasteiger partial charge in [0.25, 0.3) is 0 Å². The fourth-order valence-electron chi connectivity index (χ4n) is 1.74. The lowest BCUT2D eigenvalue weighted by Gasteiger charge is -2.08. The zero-order valence-corrected chi connectivity index (χ0v) is 10.6. The third kappa shape index (κ3) is 2.73. The number of carboxylic acids is 1. The quantitative estimate of drug-likeness (QED) is 0.887. The molecule has 0 aliphatic carbocycles. The van der Waals surface area contributed by atoms with Crippen LogP contribution in [0.25, 0.3) is 0 Å². The second-order valence-corrected chi connectivity index (χ2v) is 4.25. The van der Waals surface area contributed by atoms with Crippen molar-refractivity contribution < 1.29 is 14.3 Å². The minimum absolute atomic E-state index is 0.141. The van der Waals surface area contributed by atoms with Crippen LogP contribution in [0.2, 0.25) is 0 Å². The monoisotopic (exact) mass is 263 g/mol. The molecule has 0 spiro atoms. The summed E-state index contributed by atoms with van der Waals surface area (Å²) in [5.74, 6) is -1.33. The number of anilines is 1. The van der Waals surface area contributed by atoms with Crippen molar-refractivity contribution in [1.29, 1.82) is 0 Å². The summed E-state index contributed by atoms with van der Waals surface area (Å²) < 4.78 is 14.9. The largest absolute Gasteiger partial charge is 0.478 e. The average molecular weight is 263 g/mol. The minimum Gasteiger partial charge on any atom is -0.478 e. The fraction of sp³-hybridized carbons (Fsp3) is 0.231. The van der Waals surface area contributed by atoms with Gasteiger partial charge in [0.15, 0.2) is 0 Å². The Bertz CT molecular complexity index is 622. The number of aryl methyl sites for hydroxylation is 2. The van der Waals surface area contributed by atoms with Gasteiger partial charge in [-0.1, -0.05) is 6.07 Å². The number of aromatic nitrogens is 2. The molecule has 6 heteroatoms. The van der Waals surface area contributed by atoms with Crippen molar-refractivity contribution >= 4 is 11.7 Å². The van der Waals surface area contributed by atoms with Crippen LogP contribution in [0.3, 0.4) is 0 Å². The maximum Gasteiger partial charge on any atom is 0.339 e. The molecule has 2 aromatic rings. The Balaban J connectivity index is 2.16. The Morgan fingerprint density at radius 2 is 2.26 bits per heavy atom. The Labute approximate surface area is 109 Å². The van der Waals surface area contributed by atoms with Crippen molar-refractivity contribution in [3.8, 4) is 0 Å². The first-order chi connectivity index (χ1) is 8.99. The number of nitrogens with one attached hydrogen (secondary N) is 1. The Kier molecular flexibility index (Phi) is 3.50. The van der Waals surface area contributed by atoms with E-state index in [0.29, 0.717) is 16.9 Å². The van der Waals surface area contributed by atoms with Gasteiger partial charge >= 0.3 is 5.97 Å². The van der Waals surface area contributed by atoms with Gasteiger partial charge in [-0.05, 0) is 24.6 Å². The highest BCUT2D eigenvalue weighted by atomic mass is 19.1. The molecule has 0 bridgehead atoms. The van der Waals surface area contributed by atoms with Crippen LogP contribution < -0.4 is 5.32 Å². The molecule has 5 nitrogen and oxygen atoms in total. The van der Waals surface area contributed by atoms with Gasteiger partial charge in [-0.25, -0.2) is 9.18 Å². The van der Waals surface area contributed by atoms with Crippen molar-refractivity contribution in [2.24, 2.45) is 7.05 Å². The van der Waals surface area contributed by atoms with E-state index in [2.05, 4.69) is 10.4 Å². The third-order valence-corrected chi connectivity index (χ3v) is 2.92. The summed E-state index contributed by atoms with van der Waals surface area (Å²) in [6.45, 7) is 1.95. The number of hydrogen-bond acceptors (Lipinski definition) is 3. The highest BCUT2D eigenvalue weighted by molar-refractivity contribution is 5.88. The summed E-state index contributed by atoms with van der Waals surface area (Å²) in [4.78, 5) is 11.0. The van der Waals surface area contributed by atoms with Crippen molar-refractivity contribution in [3.05, 3.63) is 47.0 Å². The highest BCUT2D eigenvalue weighted by Crippen LogP contribution is 2.15. The number of aromatic carboxylic acids is 1. The van der Waals surface area contributed by atoms with Crippen LogP contribution in [-0.4, -0.2) is 20.9 Å². The summed E-state index contributed by atoms with van der Waals surface area (Å²) >= 11 is 0. The first-order valence-electron chi connectivity index (χ1n) is 5.73. The zero-order chi connectivity index (χ0) is 14.0. The van der Waals surface area contributed by atoms with Crippen LogP contribution >= 0.6 is 0 Å². The fourth-order valence-corrected chi connectivity index (χ4v) is 1.74. The molecule has 19 heavy (non-hydrogen) atoms. The Hall–Kier alpha value is -2.37. The first kappa shape index (κ1) is 13.1. The maximum absolute atomic E-state index is 13.4. The molecule has 2 N–H and O–H groups in total. The standard InChI is InChI=1S/C13H14FN3O2/c1-8-3-4-9(5-11(8)14)15-7-12-10(13(18)19)6-16-17(12)2/h3-6,15H,7H2,1-2H3,(H,18,19). The first-order valence-corrected chi connectivity index (χ1v) is 5.73. The zero-order valence-electron chi connectivity index (χ0n) is 10.6. The molecule has 1 aromatic heterocycles. The Morgan fingerprint density at radius 1 is 1.53 bits per heavy atom. The second-order valence-electron chi connectivity index (χ2n) is 4.25. The van der Waals surface area contributed by atoms with Crippen LogP contribution in [0.4, 0.5) is 10.1 Å². The van der Waals surface area contributed by atoms with E-state index in [-0.39, 0.29) is 17.9 Å². The molecule has 100 valence electrons. The molecule has 0 radical (unpaired) electrons. The van der Waals surface area contributed by atoms with Crippen LogP contribution in [-0.2, 0) is 13.6 Å². The van der Waals surface area contributed by atoms with Gasteiger partial charge < -0.3 is 10.4 Å². The molecule has 1 heterocycles. The molecule has 0 atom stereocenters. The lowest BCUT2D eigenvalue weighted by molar-refractivity contribution is 0.0695. The molecule has 0 fully saturated rings. The smallest absolute Gasteiger partial charge is 0.339 e. The van der Waals surface area contributed by atoms with Crippen LogP contribution in [0, 0.1) is 12.7 Å². The van der Waals surface area contributed by atoms with Gasteiger partial charge in [0.05, 0.1) is 18.4 Å². The summed E-state index contributed by atoms with van der Waals surface area (Å²) in [6, 6.07) is 4.79. The predicted molar refractivity (Wildman–Crippen MR) is 68.6 cm³/mol. The van der Waals surface area contributed by atoms with Gasteiger partial charge in [-0.3, -0.25) is 4.68 Å². The number of nitrogens with zero attached hydrogens (tertiary/aromatic N) is 2. The van der Waals surface area contributed by atoms with Gasteiger partial charge in [0, 0.05) is 12.7 Å². The molecule has 0 saturated carbocycles. The molecule has 0 saturated heterocycles. The van der Waals surface area contributed by atoms with E-state index < -0.39 is 5.97 Å². The molecule has 1 aromatic carbocycles. The van der Waals surface area contributed by atoms with E-state index >= 15 is 0 Å². The molecule has 0 aliphatic rings. The number of hydrogen-bond donors (Lipinski definition) is 2. The number of rotatable bonds is 4. The number of carboxylic acid groups (broad SMARTS) is 1. The SMILES string of the molecule is Cc1ccc(NCc2c(C(=O)O)cnn2C)cc1F. The lowest BCUT2D eigenvalue weighted by Crippen LogP contribution is -2.10. The van der Waals surface area contributed by atoms with Crippen LogP contribution in [0.1, 0.15) is 21.6 Å². The maximum atomic E-state index is 13.4. The van der Waals surface area contributed by atoms with E-state index in [0.717, 1.165) is 0 Å². The summed E-state index contributed by atoms with van der Waals surface area (Å²) in [6.07, 6.45) is 1.30. The summed E-state index contributed by atoms with van der Waals surface area (Å²) in [7, 11) is 1.67. The van der Waals surface area contributed by atoms with E-state index in [1.165, 1.54) is 16.9 Å². The minimum atomic E-state index is -1.03. The van der Waals surface area contributed by atoms with E-state index in [1.54, 1.807) is 26.1 Å². The normalized spacial score (nSPS) is 10.5. The lowest BCUT2D eigenvalue weighted by atomic mass is 10.2. The Morgan fingerprint density at radius 3 is 2.89 bits per heavy atom. The van der Waals surface area contributed by atoms with E-state index in [9.17, 15) is 9.18 Å². The van der Waals surface area contributed by atoms with E-state index in [1.807, 2.05) is 0 Å². The topological polar surface area (TPSA) is 67.2 Å². The average Bonchev–Trinajstić information content (AvgIpc) is 2.72. The second kappa shape index (κ2) is 5.09. The van der Waals surface area contributed by atoms with Gasteiger partial charge in [-0.15, -0.1) is 0 Å². The molecule has 0 amide bonds. The van der Waals surface area contributed by atoms with Crippen LogP contribution in [0.5, 0.6) is 0 Å². The van der Waals surface area contributed by atoms with Crippen molar-refractivity contribution in [2.75, 3.05) is 5.32 Å². The molecule has 0 aliphatic heterocycles. The summed E-state index contributed by atoms with van der Waals surface area (Å²) in [5.41, 5.74) is 1.84. The van der Waals surface area contributed by atoms with Crippen molar-refractivity contribution in [1.82, 2.24) is 9.78 Å². The third-order valence-electron chi connectivity index (χ3n) is 2.92. The number of halogens is 1. The predicted octanol–water partition coefficient (Wildman–Crippen LogP) is 2.18. The summed E-state index contributed by atoms with van der Waals surface area (Å²) in [5, 5.41) is 15.9. The highest BCUT2D eigenvalue weighted by Gasteiger charge is 2.14. The molecule has 0 unspecified atom stereocenters. The van der Waals surface area contributed by atoms with Crippen molar-refractivity contribution in [2.45, 2.75) is 13.5 Å². The molecular formula is C13H14FN3O2. The van der Waals surface area contributed by atoms with Crippen LogP contribution in [0.15, 0.2) is 24.4 Å². The van der Waals surface area contributed by atoms with Crippen molar-refractivity contribution in [3.63, 3.8) is 0 Å². The van der Waals surface area contributed by atoms with Gasteiger partial charge in [0.1, 0.15) is 11.4 Å². The van der Waals surface area contributed by atoms with Gasteiger partial charge in [-0.2, -0.15) is 5.10 Å². The number of carbonyl (C=O) groups is 1.